The third-order valence-corrected chi connectivity index (χ3v) is 6.25. The van der Waals surface area contributed by atoms with E-state index >= 15 is 0 Å². The smallest absolute Gasteiger partial charge is 0.240 e. The lowest BCUT2D eigenvalue weighted by Crippen LogP contribution is -2.46. The van der Waals surface area contributed by atoms with Gasteiger partial charge in [0.15, 0.2) is 0 Å². The fourth-order valence-corrected chi connectivity index (χ4v) is 4.64. The molecule has 0 bridgehead atoms. The van der Waals surface area contributed by atoms with Crippen LogP contribution in [-0.4, -0.2) is 34.3 Å². The number of ether oxygens (including phenoxy) is 1. The van der Waals surface area contributed by atoms with Gasteiger partial charge < -0.3 is 15.4 Å². The number of amides is 2. The number of likely N-dealkylation sites (tertiary alicyclic amines) is 1. The van der Waals surface area contributed by atoms with Crippen molar-refractivity contribution in [2.75, 3.05) is 6.54 Å². The maximum Gasteiger partial charge on any atom is 0.240 e. The van der Waals surface area contributed by atoms with Crippen molar-refractivity contribution in [2.45, 2.75) is 52.2 Å². The quantitative estimate of drug-likeness (QED) is 0.559. The molecule has 0 spiro atoms. The fraction of sp³-hybridized carbons (Fsp3) is 0.370. The molecule has 1 aromatic heterocycles. The number of aryl methyl sites for hydroxylation is 1. The minimum Gasteiger partial charge on any atom is -0.489 e. The van der Waals surface area contributed by atoms with Crippen molar-refractivity contribution in [3.8, 4) is 5.75 Å². The maximum absolute atomic E-state index is 13.1. The van der Waals surface area contributed by atoms with E-state index in [4.69, 9.17) is 10.5 Å². The fourth-order valence-electron chi connectivity index (χ4n) is 4.64. The molecule has 1 saturated heterocycles. The van der Waals surface area contributed by atoms with E-state index in [0.717, 1.165) is 33.5 Å². The molecule has 6 heteroatoms. The van der Waals surface area contributed by atoms with Gasteiger partial charge in [0.1, 0.15) is 18.4 Å². The van der Waals surface area contributed by atoms with Crippen LogP contribution in [0, 0.1) is 12.8 Å². The van der Waals surface area contributed by atoms with Crippen LogP contribution in [0.1, 0.15) is 49.4 Å². The Kier molecular flexibility index (Phi) is 6.63. The summed E-state index contributed by atoms with van der Waals surface area (Å²) < 4.78 is 6.05. The molecule has 1 aliphatic rings. The number of nitrogens with two attached hydrogens (primary N) is 1. The number of aromatic nitrogens is 1. The summed E-state index contributed by atoms with van der Waals surface area (Å²) in [6, 6.07) is 17.3. The van der Waals surface area contributed by atoms with Gasteiger partial charge in [-0.15, -0.1) is 0 Å². The summed E-state index contributed by atoms with van der Waals surface area (Å²) >= 11 is 0. The SMILES string of the molecule is Cc1cc(COc2ccc(C3CCN(C(CC(C)C)C(N)=O)C3=O)cc2)c2ccccc2n1. The Balaban J connectivity index is 1.44. The number of primary amides is 1. The zero-order chi connectivity index (χ0) is 23.5. The van der Waals surface area contributed by atoms with Gasteiger partial charge in [-0.2, -0.15) is 0 Å². The van der Waals surface area contributed by atoms with Crippen molar-refractivity contribution in [1.82, 2.24) is 9.88 Å². The van der Waals surface area contributed by atoms with Crippen LogP contribution in [0.2, 0.25) is 0 Å². The van der Waals surface area contributed by atoms with Gasteiger partial charge in [0.25, 0.3) is 0 Å². The molecule has 6 nitrogen and oxygen atoms in total. The Morgan fingerprint density at radius 2 is 1.91 bits per heavy atom. The molecule has 2 aromatic carbocycles. The number of carbonyl (C=O) groups is 2. The first-order valence-corrected chi connectivity index (χ1v) is 11.5. The second-order valence-corrected chi connectivity index (χ2v) is 9.22. The zero-order valence-electron chi connectivity index (χ0n) is 19.5. The summed E-state index contributed by atoms with van der Waals surface area (Å²) in [5.41, 5.74) is 9.55. The van der Waals surface area contributed by atoms with E-state index < -0.39 is 11.9 Å². The number of fused-ring (bicyclic) bond motifs is 1. The van der Waals surface area contributed by atoms with Crippen molar-refractivity contribution < 1.29 is 14.3 Å². The molecule has 3 aromatic rings. The lowest BCUT2D eigenvalue weighted by molar-refractivity contribution is -0.137. The van der Waals surface area contributed by atoms with Gasteiger partial charge in [-0.3, -0.25) is 14.6 Å². The van der Waals surface area contributed by atoms with Crippen LogP contribution >= 0.6 is 0 Å². The highest BCUT2D eigenvalue weighted by atomic mass is 16.5. The number of hydrogen-bond acceptors (Lipinski definition) is 4. The van der Waals surface area contributed by atoms with E-state index in [-0.39, 0.29) is 17.7 Å². The van der Waals surface area contributed by atoms with E-state index in [1.54, 1.807) is 4.90 Å². The summed E-state index contributed by atoms with van der Waals surface area (Å²) in [6.45, 7) is 7.04. The number of hydrogen-bond donors (Lipinski definition) is 1. The summed E-state index contributed by atoms with van der Waals surface area (Å²) in [7, 11) is 0. The first-order chi connectivity index (χ1) is 15.8. The predicted molar refractivity (Wildman–Crippen MR) is 129 cm³/mol. The molecule has 0 aliphatic carbocycles. The highest BCUT2D eigenvalue weighted by Crippen LogP contribution is 2.32. The monoisotopic (exact) mass is 445 g/mol. The van der Waals surface area contributed by atoms with Crippen LogP contribution in [0.4, 0.5) is 0 Å². The highest BCUT2D eigenvalue weighted by Gasteiger charge is 2.38. The molecule has 0 radical (unpaired) electrons. The normalized spacial score (nSPS) is 17.0. The van der Waals surface area contributed by atoms with Gasteiger partial charge >= 0.3 is 0 Å². The molecule has 4 rings (SSSR count). The van der Waals surface area contributed by atoms with Crippen molar-refractivity contribution in [3.05, 3.63) is 71.4 Å². The predicted octanol–water partition coefficient (Wildman–Crippen LogP) is 4.34. The third-order valence-electron chi connectivity index (χ3n) is 6.25. The van der Waals surface area contributed by atoms with Crippen LogP contribution in [0.3, 0.4) is 0 Å². The summed E-state index contributed by atoms with van der Waals surface area (Å²) in [5, 5.41) is 1.08. The second kappa shape index (κ2) is 9.61. The number of pyridine rings is 1. The van der Waals surface area contributed by atoms with E-state index in [1.807, 2.05) is 63.2 Å². The number of benzene rings is 2. The first kappa shape index (κ1) is 22.8. The van der Waals surface area contributed by atoms with Crippen LogP contribution in [-0.2, 0) is 16.2 Å². The van der Waals surface area contributed by atoms with Crippen LogP contribution in [0.25, 0.3) is 10.9 Å². The van der Waals surface area contributed by atoms with E-state index in [2.05, 4.69) is 17.1 Å². The number of rotatable bonds is 8. The molecule has 2 unspecified atom stereocenters. The molecular weight excluding hydrogens is 414 g/mol. The standard InChI is InChI=1S/C27H31N3O3/c1-17(2)14-25(26(28)31)30-13-12-23(27(30)32)19-8-10-21(11-9-19)33-16-20-15-18(3)29-24-7-5-4-6-22(20)24/h4-11,15,17,23,25H,12-14,16H2,1-3H3,(H2,28,31). The van der Waals surface area contributed by atoms with Crippen LogP contribution < -0.4 is 10.5 Å². The van der Waals surface area contributed by atoms with Gasteiger partial charge in [-0.25, -0.2) is 0 Å². The minimum atomic E-state index is -0.538. The van der Waals surface area contributed by atoms with E-state index in [1.165, 1.54) is 0 Å². The van der Waals surface area contributed by atoms with Crippen LogP contribution in [0.15, 0.2) is 54.6 Å². The molecule has 172 valence electrons. The summed E-state index contributed by atoms with van der Waals surface area (Å²) in [6.07, 6.45) is 1.27. The minimum absolute atomic E-state index is 0.0214. The molecule has 33 heavy (non-hydrogen) atoms. The summed E-state index contributed by atoms with van der Waals surface area (Å²) in [4.78, 5) is 31.3. The van der Waals surface area contributed by atoms with Crippen LogP contribution in [0.5, 0.6) is 5.75 Å². The maximum atomic E-state index is 13.1. The second-order valence-electron chi connectivity index (χ2n) is 9.22. The first-order valence-electron chi connectivity index (χ1n) is 11.5. The summed E-state index contributed by atoms with van der Waals surface area (Å²) in [5.74, 6) is 0.327. The molecule has 2 amide bonds. The van der Waals surface area contributed by atoms with Crippen molar-refractivity contribution in [1.29, 1.82) is 0 Å². The van der Waals surface area contributed by atoms with Gasteiger partial charge in [0, 0.05) is 23.2 Å². The largest absolute Gasteiger partial charge is 0.489 e. The third kappa shape index (κ3) is 5.00. The van der Waals surface area contributed by atoms with Gasteiger partial charge in [0.2, 0.25) is 11.8 Å². The number of para-hydroxylation sites is 1. The topological polar surface area (TPSA) is 85.5 Å². The van der Waals surface area contributed by atoms with Gasteiger partial charge in [-0.05, 0) is 55.5 Å². The molecule has 2 heterocycles. The van der Waals surface area contributed by atoms with E-state index in [0.29, 0.717) is 26.0 Å². The molecule has 0 saturated carbocycles. The number of nitrogens with zero attached hydrogens (tertiary/aromatic N) is 2. The molecule has 2 N–H and O–H groups in total. The molecule has 2 atom stereocenters. The highest BCUT2D eigenvalue weighted by molar-refractivity contribution is 5.91. The van der Waals surface area contributed by atoms with Crippen molar-refractivity contribution in [2.24, 2.45) is 11.7 Å². The zero-order valence-corrected chi connectivity index (χ0v) is 19.5. The number of carbonyl (C=O) groups excluding carboxylic acids is 2. The Morgan fingerprint density at radius 3 is 2.61 bits per heavy atom. The van der Waals surface area contributed by atoms with Gasteiger partial charge in [-0.1, -0.05) is 44.2 Å². The Labute approximate surface area is 194 Å². The van der Waals surface area contributed by atoms with Crippen molar-refractivity contribution >= 4 is 22.7 Å². The van der Waals surface area contributed by atoms with Crippen molar-refractivity contribution in [3.63, 3.8) is 0 Å². The Bertz CT molecular complexity index is 1160. The molecule has 1 aliphatic heterocycles. The molecular formula is C27H31N3O3. The Hall–Kier alpha value is -3.41. The lowest BCUT2D eigenvalue weighted by atomic mass is 9.97. The average Bonchev–Trinajstić information content (AvgIpc) is 3.16. The average molecular weight is 446 g/mol. The van der Waals surface area contributed by atoms with E-state index in [9.17, 15) is 9.59 Å². The molecule has 1 fully saturated rings. The Morgan fingerprint density at radius 1 is 1.18 bits per heavy atom. The lowest BCUT2D eigenvalue weighted by Gasteiger charge is -2.27. The van der Waals surface area contributed by atoms with Gasteiger partial charge in [0.05, 0.1) is 11.4 Å².